The minimum absolute atomic E-state index is 0.149. The van der Waals surface area contributed by atoms with Gasteiger partial charge >= 0.3 is 0 Å². The molecule has 0 radical (unpaired) electrons. The first kappa shape index (κ1) is 14.5. The molecule has 20 heavy (non-hydrogen) atoms. The SMILES string of the molecule is Cc1nc(C2(NC3CC3)CCN(C(C)C)CC2)sc1C. The number of hydrogen-bond acceptors (Lipinski definition) is 4. The first-order valence-electron chi connectivity index (χ1n) is 7.96. The standard InChI is InChI=1S/C16H27N3S/c1-11(2)19-9-7-16(8-10-19,18-14-5-6-14)15-17-12(3)13(4)20-15/h11,14,18H,5-10H2,1-4H3. The fraction of sp³-hybridized carbons (Fsp3) is 0.812. The number of likely N-dealkylation sites (tertiary alicyclic amines) is 1. The Morgan fingerprint density at radius 2 is 1.90 bits per heavy atom. The molecule has 2 aliphatic rings. The van der Waals surface area contributed by atoms with Crippen molar-refractivity contribution in [3.05, 3.63) is 15.6 Å². The van der Waals surface area contributed by atoms with Crippen LogP contribution in [0.15, 0.2) is 0 Å². The van der Waals surface area contributed by atoms with Gasteiger partial charge in [-0.1, -0.05) is 0 Å². The second-order valence-electron chi connectivity index (χ2n) is 6.79. The van der Waals surface area contributed by atoms with Crippen molar-refractivity contribution in [3.63, 3.8) is 0 Å². The summed E-state index contributed by atoms with van der Waals surface area (Å²) in [5.41, 5.74) is 1.37. The molecule has 1 aliphatic heterocycles. The molecule has 1 aromatic rings. The number of aromatic nitrogens is 1. The van der Waals surface area contributed by atoms with E-state index in [0.717, 1.165) is 6.04 Å². The maximum atomic E-state index is 4.89. The lowest BCUT2D eigenvalue weighted by Gasteiger charge is -2.43. The highest BCUT2D eigenvalue weighted by Gasteiger charge is 2.42. The lowest BCUT2D eigenvalue weighted by molar-refractivity contribution is 0.108. The van der Waals surface area contributed by atoms with Gasteiger partial charge in [0.25, 0.3) is 0 Å². The fourth-order valence-corrected chi connectivity index (χ4v) is 4.26. The summed E-state index contributed by atoms with van der Waals surface area (Å²) in [6, 6.07) is 1.40. The normalized spacial score (nSPS) is 23.4. The summed E-state index contributed by atoms with van der Waals surface area (Å²) in [5.74, 6) is 0. The minimum Gasteiger partial charge on any atom is -0.303 e. The molecule has 0 spiro atoms. The Kier molecular flexibility index (Phi) is 3.91. The molecule has 2 heterocycles. The summed E-state index contributed by atoms with van der Waals surface area (Å²) in [4.78, 5) is 8.87. The molecule has 1 N–H and O–H groups in total. The molecule has 1 saturated carbocycles. The third-order valence-corrected chi connectivity index (χ3v) is 6.15. The van der Waals surface area contributed by atoms with Crippen LogP contribution in [-0.4, -0.2) is 35.1 Å². The van der Waals surface area contributed by atoms with Gasteiger partial charge in [0.15, 0.2) is 0 Å². The highest BCUT2D eigenvalue weighted by Crippen LogP contribution is 2.39. The van der Waals surface area contributed by atoms with Crippen molar-refractivity contribution in [2.45, 2.75) is 71.0 Å². The summed E-state index contributed by atoms with van der Waals surface area (Å²) in [7, 11) is 0. The van der Waals surface area contributed by atoms with Gasteiger partial charge in [-0.2, -0.15) is 0 Å². The molecule has 0 bridgehead atoms. The molecule has 0 unspecified atom stereocenters. The van der Waals surface area contributed by atoms with Gasteiger partial charge in [0.1, 0.15) is 5.01 Å². The molecule has 3 nitrogen and oxygen atoms in total. The van der Waals surface area contributed by atoms with E-state index >= 15 is 0 Å². The Morgan fingerprint density at radius 1 is 1.25 bits per heavy atom. The minimum atomic E-state index is 0.149. The molecule has 1 aliphatic carbocycles. The first-order valence-corrected chi connectivity index (χ1v) is 8.78. The van der Waals surface area contributed by atoms with Crippen LogP contribution < -0.4 is 5.32 Å². The van der Waals surface area contributed by atoms with E-state index in [4.69, 9.17) is 4.98 Å². The molecule has 0 atom stereocenters. The summed E-state index contributed by atoms with van der Waals surface area (Å²) >= 11 is 1.91. The Labute approximate surface area is 126 Å². The van der Waals surface area contributed by atoms with Crippen LogP contribution in [0.5, 0.6) is 0 Å². The monoisotopic (exact) mass is 293 g/mol. The fourth-order valence-electron chi connectivity index (χ4n) is 3.14. The summed E-state index contributed by atoms with van der Waals surface area (Å²) < 4.78 is 0. The summed E-state index contributed by atoms with van der Waals surface area (Å²) in [5, 5.41) is 5.28. The number of nitrogens with one attached hydrogen (secondary N) is 1. The molecular formula is C16H27N3S. The van der Waals surface area contributed by atoms with Crippen LogP contribution in [0.2, 0.25) is 0 Å². The molecular weight excluding hydrogens is 266 g/mol. The third-order valence-electron chi connectivity index (χ3n) is 4.88. The quantitative estimate of drug-likeness (QED) is 0.924. The van der Waals surface area contributed by atoms with Gasteiger partial charge in [-0.15, -0.1) is 11.3 Å². The van der Waals surface area contributed by atoms with Crippen LogP contribution >= 0.6 is 11.3 Å². The van der Waals surface area contributed by atoms with E-state index in [1.165, 1.54) is 54.4 Å². The molecule has 0 aromatic carbocycles. The predicted octanol–water partition coefficient (Wildman–Crippen LogP) is 3.21. The van der Waals surface area contributed by atoms with Crippen molar-refractivity contribution < 1.29 is 0 Å². The van der Waals surface area contributed by atoms with Gasteiger partial charge in [0.05, 0.1) is 11.2 Å². The molecule has 4 heteroatoms. The van der Waals surface area contributed by atoms with Gasteiger partial charge in [-0.25, -0.2) is 4.98 Å². The molecule has 1 saturated heterocycles. The Morgan fingerprint density at radius 3 is 2.35 bits per heavy atom. The lowest BCUT2D eigenvalue weighted by Crippen LogP contribution is -2.53. The zero-order valence-electron chi connectivity index (χ0n) is 13.2. The average molecular weight is 293 g/mol. The summed E-state index contributed by atoms with van der Waals surface area (Å²) in [6.07, 6.45) is 5.10. The smallest absolute Gasteiger partial charge is 0.113 e. The van der Waals surface area contributed by atoms with Crippen LogP contribution in [0.1, 0.15) is 55.1 Å². The Balaban J connectivity index is 1.82. The van der Waals surface area contributed by atoms with Crippen molar-refractivity contribution in [1.29, 1.82) is 0 Å². The van der Waals surface area contributed by atoms with E-state index in [9.17, 15) is 0 Å². The van der Waals surface area contributed by atoms with Gasteiger partial charge < -0.3 is 10.2 Å². The summed E-state index contributed by atoms with van der Waals surface area (Å²) in [6.45, 7) is 11.3. The van der Waals surface area contributed by atoms with Gasteiger partial charge in [0, 0.05) is 30.1 Å². The molecule has 2 fully saturated rings. The highest BCUT2D eigenvalue weighted by atomic mass is 32.1. The van der Waals surface area contributed by atoms with Crippen molar-refractivity contribution in [1.82, 2.24) is 15.2 Å². The van der Waals surface area contributed by atoms with E-state index in [1.807, 2.05) is 11.3 Å². The molecule has 1 aromatic heterocycles. The van der Waals surface area contributed by atoms with Crippen LogP contribution in [0.4, 0.5) is 0 Å². The second kappa shape index (κ2) is 5.39. The topological polar surface area (TPSA) is 28.2 Å². The largest absolute Gasteiger partial charge is 0.303 e. The van der Waals surface area contributed by atoms with Crippen LogP contribution in [0, 0.1) is 13.8 Å². The van der Waals surface area contributed by atoms with Gasteiger partial charge in [0.2, 0.25) is 0 Å². The van der Waals surface area contributed by atoms with Crippen molar-refractivity contribution in [3.8, 4) is 0 Å². The maximum absolute atomic E-state index is 4.89. The first-order chi connectivity index (χ1) is 9.50. The molecule has 112 valence electrons. The van der Waals surface area contributed by atoms with Crippen molar-refractivity contribution in [2.24, 2.45) is 0 Å². The van der Waals surface area contributed by atoms with Gasteiger partial charge in [-0.05, 0) is 53.4 Å². The number of nitrogens with zero attached hydrogens (tertiary/aromatic N) is 2. The third kappa shape index (κ3) is 2.78. The number of piperidine rings is 1. The Hall–Kier alpha value is -0.450. The predicted molar refractivity (Wildman–Crippen MR) is 85.4 cm³/mol. The van der Waals surface area contributed by atoms with Gasteiger partial charge in [-0.3, -0.25) is 0 Å². The average Bonchev–Trinajstić information content (AvgIpc) is 3.15. The van der Waals surface area contributed by atoms with E-state index in [1.54, 1.807) is 0 Å². The van der Waals surface area contributed by atoms with Crippen LogP contribution in [-0.2, 0) is 5.54 Å². The van der Waals surface area contributed by atoms with E-state index in [-0.39, 0.29) is 5.54 Å². The number of aryl methyl sites for hydroxylation is 2. The lowest BCUT2D eigenvalue weighted by atomic mass is 9.87. The molecule has 3 rings (SSSR count). The second-order valence-corrected chi connectivity index (χ2v) is 7.99. The Bertz CT molecular complexity index is 449. The van der Waals surface area contributed by atoms with Crippen LogP contribution in [0.3, 0.4) is 0 Å². The number of hydrogen-bond donors (Lipinski definition) is 1. The zero-order chi connectivity index (χ0) is 14.3. The van der Waals surface area contributed by atoms with E-state index in [2.05, 4.69) is 37.9 Å². The highest BCUT2D eigenvalue weighted by molar-refractivity contribution is 7.11. The maximum Gasteiger partial charge on any atom is 0.113 e. The molecule has 0 amide bonds. The van der Waals surface area contributed by atoms with Crippen molar-refractivity contribution in [2.75, 3.05) is 13.1 Å². The number of rotatable bonds is 4. The number of thiazole rings is 1. The van der Waals surface area contributed by atoms with E-state index < -0.39 is 0 Å². The van der Waals surface area contributed by atoms with E-state index in [0.29, 0.717) is 6.04 Å². The van der Waals surface area contributed by atoms with Crippen molar-refractivity contribution >= 4 is 11.3 Å². The van der Waals surface area contributed by atoms with Crippen LogP contribution in [0.25, 0.3) is 0 Å². The zero-order valence-corrected chi connectivity index (χ0v) is 14.0.